The molecule has 2 N–H and O–H groups in total. The quantitative estimate of drug-likeness (QED) is 0.327. The number of rotatable bonds is 3. The summed E-state index contributed by atoms with van der Waals surface area (Å²) in [7, 11) is 0. The number of hydrogen-bond donors (Lipinski definition) is 2. The SMILES string of the molecule is C/C(=N\NC(=S)Nc1cc(C(F)(F)F)ccc1Cl)c1cccc(F)c1. The fraction of sp³-hybridized carbons (Fsp3) is 0.125. The summed E-state index contributed by atoms with van der Waals surface area (Å²) in [6, 6.07) is 8.62. The molecule has 0 fully saturated rings. The van der Waals surface area contributed by atoms with Crippen LogP contribution in [-0.4, -0.2) is 10.8 Å². The first-order valence-electron chi connectivity index (χ1n) is 6.91. The number of anilines is 1. The van der Waals surface area contributed by atoms with Crippen LogP contribution in [0.1, 0.15) is 18.1 Å². The van der Waals surface area contributed by atoms with E-state index >= 15 is 0 Å². The topological polar surface area (TPSA) is 36.4 Å². The van der Waals surface area contributed by atoms with Gasteiger partial charge >= 0.3 is 6.18 Å². The van der Waals surface area contributed by atoms with Crippen LogP contribution in [0.15, 0.2) is 47.6 Å². The minimum atomic E-state index is -4.50. The van der Waals surface area contributed by atoms with Crippen LogP contribution in [0.5, 0.6) is 0 Å². The van der Waals surface area contributed by atoms with Gasteiger partial charge in [0.1, 0.15) is 5.82 Å². The fourth-order valence-electron chi connectivity index (χ4n) is 1.86. The van der Waals surface area contributed by atoms with Crippen molar-refractivity contribution in [1.82, 2.24) is 5.43 Å². The summed E-state index contributed by atoms with van der Waals surface area (Å²) in [6.45, 7) is 1.63. The number of hydrazone groups is 1. The monoisotopic (exact) mass is 389 g/mol. The summed E-state index contributed by atoms with van der Waals surface area (Å²) in [5, 5.41) is 6.53. The molecule has 0 spiro atoms. The predicted molar refractivity (Wildman–Crippen MR) is 94.4 cm³/mol. The third kappa shape index (κ3) is 5.40. The molecule has 25 heavy (non-hydrogen) atoms. The van der Waals surface area contributed by atoms with Gasteiger partial charge in [0, 0.05) is 5.56 Å². The Hall–Kier alpha value is -2.19. The van der Waals surface area contributed by atoms with Crippen molar-refractivity contribution >= 4 is 40.3 Å². The smallest absolute Gasteiger partial charge is 0.330 e. The molecule has 0 aliphatic heterocycles. The first-order chi connectivity index (χ1) is 11.7. The standard InChI is InChI=1S/C16H12ClF4N3S/c1-9(10-3-2-4-12(18)7-10)23-24-15(25)22-14-8-11(16(19,20)21)5-6-13(14)17/h2-8H,1H3,(H2,22,24,25)/b23-9+. The average Bonchev–Trinajstić information content (AvgIpc) is 2.53. The van der Waals surface area contributed by atoms with Crippen molar-refractivity contribution in [3.63, 3.8) is 0 Å². The largest absolute Gasteiger partial charge is 0.416 e. The summed E-state index contributed by atoms with van der Waals surface area (Å²) < 4.78 is 51.4. The minimum Gasteiger partial charge on any atom is -0.330 e. The first-order valence-corrected chi connectivity index (χ1v) is 7.69. The van der Waals surface area contributed by atoms with Gasteiger partial charge in [-0.3, -0.25) is 5.43 Å². The first kappa shape index (κ1) is 19.1. The minimum absolute atomic E-state index is 0.00685. The number of thiocarbonyl (C=S) groups is 1. The van der Waals surface area contributed by atoms with Crippen molar-refractivity contribution in [2.45, 2.75) is 13.1 Å². The van der Waals surface area contributed by atoms with Gasteiger partial charge < -0.3 is 5.32 Å². The van der Waals surface area contributed by atoms with Crippen molar-refractivity contribution in [2.24, 2.45) is 5.10 Å². The number of hydrogen-bond acceptors (Lipinski definition) is 2. The third-order valence-corrected chi connectivity index (χ3v) is 3.63. The van der Waals surface area contributed by atoms with Gasteiger partial charge in [-0.15, -0.1) is 0 Å². The zero-order valence-corrected chi connectivity index (χ0v) is 14.4. The molecule has 0 bridgehead atoms. The molecule has 0 aliphatic rings. The Morgan fingerprint density at radius 3 is 2.52 bits per heavy atom. The second kappa shape index (κ2) is 7.79. The maximum absolute atomic E-state index is 13.2. The Bertz CT molecular complexity index is 821. The van der Waals surface area contributed by atoms with Gasteiger partial charge in [0.05, 0.1) is 22.0 Å². The van der Waals surface area contributed by atoms with Crippen LogP contribution in [0.4, 0.5) is 23.2 Å². The second-order valence-corrected chi connectivity index (χ2v) is 5.78. The van der Waals surface area contributed by atoms with Crippen molar-refractivity contribution in [3.8, 4) is 0 Å². The van der Waals surface area contributed by atoms with Gasteiger partial charge in [-0.05, 0) is 49.5 Å². The Kier molecular flexibility index (Phi) is 5.97. The highest BCUT2D eigenvalue weighted by molar-refractivity contribution is 7.80. The van der Waals surface area contributed by atoms with Gasteiger partial charge in [-0.2, -0.15) is 18.3 Å². The fourth-order valence-corrected chi connectivity index (χ4v) is 2.18. The van der Waals surface area contributed by atoms with E-state index in [4.69, 9.17) is 23.8 Å². The molecule has 0 aliphatic carbocycles. The molecular formula is C16H12ClF4N3S. The zero-order valence-electron chi connectivity index (χ0n) is 12.8. The molecule has 0 saturated heterocycles. The molecule has 2 aromatic carbocycles. The number of halogens is 5. The third-order valence-electron chi connectivity index (χ3n) is 3.11. The molecule has 0 unspecified atom stereocenters. The van der Waals surface area contributed by atoms with E-state index in [-0.39, 0.29) is 15.8 Å². The molecule has 3 nitrogen and oxygen atoms in total. The average molecular weight is 390 g/mol. The van der Waals surface area contributed by atoms with E-state index in [9.17, 15) is 17.6 Å². The zero-order chi connectivity index (χ0) is 18.6. The summed E-state index contributed by atoms with van der Waals surface area (Å²) in [5.74, 6) is -0.413. The lowest BCUT2D eigenvalue weighted by atomic mass is 10.1. The number of alkyl halides is 3. The van der Waals surface area contributed by atoms with Gasteiger partial charge in [-0.1, -0.05) is 23.7 Å². The van der Waals surface area contributed by atoms with Crippen LogP contribution < -0.4 is 10.7 Å². The normalized spacial score (nSPS) is 12.0. The van der Waals surface area contributed by atoms with Crippen LogP contribution in [-0.2, 0) is 6.18 Å². The maximum Gasteiger partial charge on any atom is 0.416 e. The van der Waals surface area contributed by atoms with Gasteiger partial charge in [-0.25, -0.2) is 4.39 Å². The Balaban J connectivity index is 2.09. The van der Waals surface area contributed by atoms with Crippen LogP contribution in [0.25, 0.3) is 0 Å². The molecule has 0 saturated carbocycles. The lowest BCUT2D eigenvalue weighted by Crippen LogP contribution is -2.25. The Morgan fingerprint density at radius 1 is 1.16 bits per heavy atom. The molecule has 0 aromatic heterocycles. The summed E-state index contributed by atoms with van der Waals surface area (Å²) in [5.41, 5.74) is 2.59. The van der Waals surface area contributed by atoms with E-state index in [1.165, 1.54) is 18.2 Å². The van der Waals surface area contributed by atoms with Crippen molar-refractivity contribution < 1.29 is 17.6 Å². The highest BCUT2D eigenvalue weighted by atomic mass is 35.5. The Labute approximate surface area is 151 Å². The number of nitrogens with one attached hydrogen (secondary N) is 2. The second-order valence-electron chi connectivity index (χ2n) is 4.97. The summed E-state index contributed by atoms with van der Waals surface area (Å²) in [4.78, 5) is 0. The summed E-state index contributed by atoms with van der Waals surface area (Å²) in [6.07, 6.45) is -4.50. The van der Waals surface area contributed by atoms with Crippen LogP contribution in [0.2, 0.25) is 5.02 Å². The van der Waals surface area contributed by atoms with Crippen molar-refractivity contribution in [2.75, 3.05) is 5.32 Å². The highest BCUT2D eigenvalue weighted by Gasteiger charge is 2.31. The van der Waals surface area contributed by atoms with Crippen LogP contribution in [0.3, 0.4) is 0 Å². The van der Waals surface area contributed by atoms with Gasteiger partial charge in [0.2, 0.25) is 0 Å². The molecule has 132 valence electrons. The highest BCUT2D eigenvalue weighted by Crippen LogP contribution is 2.33. The van der Waals surface area contributed by atoms with E-state index in [1.807, 2.05) is 0 Å². The van der Waals surface area contributed by atoms with E-state index in [1.54, 1.807) is 13.0 Å². The summed E-state index contributed by atoms with van der Waals surface area (Å²) >= 11 is 10.9. The number of benzene rings is 2. The molecule has 0 amide bonds. The molecule has 9 heteroatoms. The lowest BCUT2D eigenvalue weighted by Gasteiger charge is -2.13. The predicted octanol–water partition coefficient (Wildman–Crippen LogP) is 5.21. The molecule has 0 atom stereocenters. The van der Waals surface area contributed by atoms with Crippen molar-refractivity contribution in [3.05, 3.63) is 64.4 Å². The van der Waals surface area contributed by atoms with E-state index < -0.39 is 17.6 Å². The van der Waals surface area contributed by atoms with E-state index in [0.29, 0.717) is 11.3 Å². The van der Waals surface area contributed by atoms with Crippen LogP contribution >= 0.6 is 23.8 Å². The Morgan fingerprint density at radius 2 is 1.88 bits per heavy atom. The van der Waals surface area contributed by atoms with Crippen molar-refractivity contribution in [1.29, 1.82) is 0 Å². The molecule has 2 rings (SSSR count). The lowest BCUT2D eigenvalue weighted by molar-refractivity contribution is -0.137. The number of nitrogens with zero attached hydrogens (tertiary/aromatic N) is 1. The molecule has 0 heterocycles. The molecule has 0 radical (unpaired) electrons. The molecular weight excluding hydrogens is 378 g/mol. The van der Waals surface area contributed by atoms with Gasteiger partial charge in [0.25, 0.3) is 0 Å². The van der Waals surface area contributed by atoms with Gasteiger partial charge in [0.15, 0.2) is 5.11 Å². The van der Waals surface area contributed by atoms with E-state index in [0.717, 1.165) is 18.2 Å². The maximum atomic E-state index is 13.2. The van der Waals surface area contributed by atoms with E-state index in [2.05, 4.69) is 15.8 Å². The molecule has 2 aromatic rings. The van der Waals surface area contributed by atoms with Crippen LogP contribution in [0, 0.1) is 5.82 Å².